The first kappa shape index (κ1) is 30.1. The van der Waals surface area contributed by atoms with Gasteiger partial charge in [-0.25, -0.2) is 0 Å². The van der Waals surface area contributed by atoms with Gasteiger partial charge in [0.1, 0.15) is 18.8 Å². The molecule has 0 radical (unpaired) electrons. The number of nitrogens with zero attached hydrogens (tertiary/aromatic N) is 1. The number of aromatic amines is 1. The van der Waals surface area contributed by atoms with E-state index in [-0.39, 0.29) is 18.4 Å². The van der Waals surface area contributed by atoms with Crippen molar-refractivity contribution < 1.29 is 24.2 Å². The number of anilines is 1. The highest BCUT2D eigenvalue weighted by atomic mass is 16.5. The van der Waals surface area contributed by atoms with Crippen molar-refractivity contribution in [3.05, 3.63) is 100 Å². The van der Waals surface area contributed by atoms with Gasteiger partial charge in [-0.3, -0.25) is 14.4 Å². The van der Waals surface area contributed by atoms with Gasteiger partial charge in [0.2, 0.25) is 0 Å². The van der Waals surface area contributed by atoms with Crippen molar-refractivity contribution in [1.29, 1.82) is 0 Å². The Morgan fingerprint density at radius 1 is 1.00 bits per heavy atom. The normalized spacial score (nSPS) is 14.3. The molecule has 0 saturated carbocycles. The Hall–Kier alpha value is -4.99. The first-order valence-corrected chi connectivity index (χ1v) is 15.0. The second kappa shape index (κ2) is 11.5. The Kier molecular flexibility index (Phi) is 7.68. The number of hydrogen-bond donors (Lipinski definition) is 4. The third-order valence-corrected chi connectivity index (χ3v) is 8.76. The molecule has 1 aliphatic heterocycles. The van der Waals surface area contributed by atoms with Crippen LogP contribution in [0.25, 0.3) is 32.9 Å². The maximum atomic E-state index is 13.5. The van der Waals surface area contributed by atoms with Gasteiger partial charge < -0.3 is 31.2 Å². The average Bonchev–Trinajstić information content (AvgIpc) is 3.56. The van der Waals surface area contributed by atoms with E-state index in [9.17, 15) is 19.5 Å². The first-order valence-electron chi connectivity index (χ1n) is 15.0. The third-order valence-electron chi connectivity index (χ3n) is 8.76. The van der Waals surface area contributed by atoms with Gasteiger partial charge in [0.05, 0.1) is 17.6 Å². The largest absolute Gasteiger partial charge is 0.461 e. The lowest BCUT2D eigenvalue weighted by Crippen LogP contribution is -2.37. The number of fused-ring (bicyclic) bond motifs is 4. The van der Waals surface area contributed by atoms with Crippen molar-refractivity contribution >= 4 is 45.3 Å². The van der Waals surface area contributed by atoms with E-state index < -0.39 is 24.0 Å². The number of primary amides is 1. The summed E-state index contributed by atoms with van der Waals surface area (Å²) in [7, 11) is 0. The van der Waals surface area contributed by atoms with Crippen LogP contribution in [0.4, 0.5) is 5.69 Å². The van der Waals surface area contributed by atoms with Crippen LogP contribution in [0.2, 0.25) is 0 Å². The maximum Gasteiger partial charge on any atom is 0.323 e. The number of amides is 2. The number of nitrogens with two attached hydrogens (primary N) is 2. The van der Waals surface area contributed by atoms with E-state index in [0.717, 1.165) is 49.8 Å². The molecular weight excluding hydrogens is 568 g/mol. The van der Waals surface area contributed by atoms with Gasteiger partial charge in [0.25, 0.3) is 11.8 Å². The van der Waals surface area contributed by atoms with Crippen molar-refractivity contribution in [2.24, 2.45) is 17.4 Å². The van der Waals surface area contributed by atoms with E-state index in [1.165, 1.54) is 0 Å². The summed E-state index contributed by atoms with van der Waals surface area (Å²) in [5.41, 5.74) is 20.0. The van der Waals surface area contributed by atoms with Crippen LogP contribution in [0.15, 0.2) is 66.7 Å². The predicted octanol–water partition coefficient (Wildman–Crippen LogP) is 5.42. The van der Waals surface area contributed by atoms with Crippen molar-refractivity contribution in [3.63, 3.8) is 0 Å². The highest BCUT2D eigenvalue weighted by Crippen LogP contribution is 2.41. The molecule has 2 atom stereocenters. The monoisotopic (exact) mass is 604 g/mol. The molecule has 2 heterocycles. The molecule has 0 bridgehead atoms. The molecule has 5 aromatic rings. The van der Waals surface area contributed by atoms with Crippen LogP contribution >= 0.6 is 0 Å². The van der Waals surface area contributed by atoms with Crippen molar-refractivity contribution in [1.82, 2.24) is 4.98 Å². The number of esters is 1. The minimum atomic E-state index is -1.08. The number of aryl methyl sites for hydroxylation is 1. The Morgan fingerprint density at radius 2 is 1.78 bits per heavy atom. The number of aliphatic hydroxyl groups excluding tert-OH is 1. The summed E-state index contributed by atoms with van der Waals surface area (Å²) in [5, 5.41) is 12.5. The summed E-state index contributed by atoms with van der Waals surface area (Å²) in [5.74, 6) is -1.27. The quantitative estimate of drug-likeness (QED) is 0.174. The summed E-state index contributed by atoms with van der Waals surface area (Å²) in [6.07, 6.45) is -1.08. The van der Waals surface area contributed by atoms with E-state index in [4.69, 9.17) is 16.2 Å². The van der Waals surface area contributed by atoms with Gasteiger partial charge in [-0.2, -0.15) is 0 Å². The number of nitrogens with one attached hydrogen (secondary N) is 1. The number of hydrogen-bond acceptors (Lipinski definition) is 6. The predicted molar refractivity (Wildman–Crippen MR) is 175 cm³/mol. The Morgan fingerprint density at radius 3 is 2.51 bits per heavy atom. The van der Waals surface area contributed by atoms with Crippen LogP contribution in [-0.4, -0.2) is 40.5 Å². The number of aromatic nitrogens is 1. The molecule has 6 rings (SSSR count). The van der Waals surface area contributed by atoms with E-state index in [2.05, 4.69) is 4.98 Å². The molecule has 6 N–H and O–H groups in total. The summed E-state index contributed by atoms with van der Waals surface area (Å²) >= 11 is 0. The van der Waals surface area contributed by atoms with E-state index in [0.29, 0.717) is 28.7 Å². The van der Waals surface area contributed by atoms with Crippen molar-refractivity contribution in [2.75, 3.05) is 11.5 Å². The summed E-state index contributed by atoms with van der Waals surface area (Å²) < 4.78 is 5.27. The molecule has 0 spiro atoms. The molecule has 230 valence electrons. The van der Waals surface area contributed by atoms with Gasteiger partial charge in [-0.05, 0) is 71.8 Å². The number of carbonyl (C=O) groups excluding carboxylic acids is 3. The third kappa shape index (κ3) is 5.24. The van der Waals surface area contributed by atoms with Gasteiger partial charge >= 0.3 is 5.97 Å². The Bertz CT molecular complexity index is 2010. The molecule has 1 aromatic heterocycles. The lowest BCUT2D eigenvalue weighted by Gasteiger charge is -2.21. The minimum Gasteiger partial charge on any atom is -0.461 e. The highest BCUT2D eigenvalue weighted by Gasteiger charge is 2.30. The Labute approximate surface area is 260 Å². The summed E-state index contributed by atoms with van der Waals surface area (Å²) in [6.45, 7) is 7.87. The molecular formula is C36H36N4O5. The van der Waals surface area contributed by atoms with Gasteiger partial charge in [0, 0.05) is 27.5 Å². The van der Waals surface area contributed by atoms with Crippen LogP contribution in [0, 0.1) is 19.8 Å². The molecule has 0 fully saturated rings. The number of rotatable bonds is 8. The standard InChI is InChI=1S/C36H36N4O5/c1-18(2)32(37)36(44)45-17-30(41)21-10-11-25-28(15-21)39-33-26(34(38)42)13-12-24(31(25)33)23-6-5-7-29(20(23)4)40-16-22-9-8-19(3)14-27(22)35(40)43/h5-15,18,30,32,39,41H,16-17,37H2,1-4H3,(H2,38,42). The van der Waals surface area contributed by atoms with Gasteiger partial charge in [-0.1, -0.05) is 61.9 Å². The molecule has 45 heavy (non-hydrogen) atoms. The minimum absolute atomic E-state index is 0.0294. The fourth-order valence-corrected chi connectivity index (χ4v) is 6.11. The molecule has 0 saturated heterocycles. The topological polar surface area (TPSA) is 152 Å². The number of benzene rings is 4. The van der Waals surface area contributed by atoms with Gasteiger partial charge in [0.15, 0.2) is 0 Å². The zero-order valence-corrected chi connectivity index (χ0v) is 25.7. The molecule has 4 aromatic carbocycles. The zero-order valence-electron chi connectivity index (χ0n) is 25.7. The summed E-state index contributed by atoms with van der Waals surface area (Å²) in [4.78, 5) is 43.3. The average molecular weight is 605 g/mol. The smallest absolute Gasteiger partial charge is 0.323 e. The molecule has 0 aliphatic carbocycles. The van der Waals surface area contributed by atoms with Crippen LogP contribution < -0.4 is 16.4 Å². The van der Waals surface area contributed by atoms with Crippen molar-refractivity contribution in [3.8, 4) is 11.1 Å². The van der Waals surface area contributed by atoms with E-state index in [1.807, 2.05) is 81.1 Å². The lowest BCUT2D eigenvalue weighted by atomic mass is 9.93. The van der Waals surface area contributed by atoms with E-state index >= 15 is 0 Å². The number of aliphatic hydroxyl groups is 1. The number of H-pyrrole nitrogens is 1. The van der Waals surface area contributed by atoms with Crippen molar-refractivity contribution in [2.45, 2.75) is 46.4 Å². The van der Waals surface area contributed by atoms with E-state index in [1.54, 1.807) is 18.2 Å². The molecule has 1 aliphatic rings. The van der Waals surface area contributed by atoms with Crippen LogP contribution in [-0.2, 0) is 16.1 Å². The number of carbonyl (C=O) groups is 3. The molecule has 9 heteroatoms. The van der Waals surface area contributed by atoms with Crippen LogP contribution in [0.3, 0.4) is 0 Å². The Balaban J connectivity index is 1.41. The second-order valence-corrected chi connectivity index (χ2v) is 12.1. The van der Waals surface area contributed by atoms with Crippen LogP contribution in [0.5, 0.6) is 0 Å². The zero-order chi connectivity index (χ0) is 32.2. The lowest BCUT2D eigenvalue weighted by molar-refractivity contribution is -0.149. The second-order valence-electron chi connectivity index (χ2n) is 12.1. The molecule has 9 nitrogen and oxygen atoms in total. The van der Waals surface area contributed by atoms with Gasteiger partial charge in [-0.15, -0.1) is 0 Å². The molecule has 2 unspecified atom stereocenters. The SMILES string of the molecule is Cc1ccc2c(c1)C(=O)N(c1cccc(-c3ccc(C(N)=O)c4[nH]c5cc(C(O)COC(=O)C(N)C(C)C)ccc5c34)c1C)C2. The highest BCUT2D eigenvalue weighted by molar-refractivity contribution is 6.20. The van der Waals surface area contributed by atoms with Crippen LogP contribution in [0.1, 0.15) is 62.9 Å². The summed E-state index contributed by atoms with van der Waals surface area (Å²) in [6, 6.07) is 20.1. The molecule has 2 amide bonds. The first-order chi connectivity index (χ1) is 21.5. The fraction of sp³-hybridized carbons (Fsp3) is 0.250. The fourth-order valence-electron chi connectivity index (χ4n) is 6.11. The number of ether oxygens (including phenoxy) is 1. The maximum absolute atomic E-state index is 13.5.